The minimum absolute atomic E-state index is 0. The van der Waals surface area contributed by atoms with Gasteiger partial charge in [0.25, 0.3) is 0 Å². The molecule has 0 N–H and O–H groups in total. The van der Waals surface area contributed by atoms with Gasteiger partial charge in [0.2, 0.25) is 0 Å². The van der Waals surface area contributed by atoms with Crippen LogP contribution in [0, 0.1) is 6.33 Å². The second-order valence-electron chi connectivity index (χ2n) is 1.04. The molecule has 4 heteroatoms. The molecule has 0 atom stereocenters. The van der Waals surface area contributed by atoms with Crippen LogP contribution in [-0.4, -0.2) is 16.8 Å². The van der Waals surface area contributed by atoms with Crippen LogP contribution in [0.1, 0.15) is 0 Å². The van der Waals surface area contributed by atoms with Crippen LogP contribution in [0.15, 0.2) is 12.4 Å². The van der Waals surface area contributed by atoms with Gasteiger partial charge in [-0.2, -0.15) is 0 Å². The molecule has 0 saturated carbocycles. The van der Waals surface area contributed by atoms with E-state index in [1.165, 1.54) is 4.73 Å². The Balaban J connectivity index is 0.000000490. The van der Waals surface area contributed by atoms with Crippen molar-refractivity contribution >= 4 is 0 Å². The van der Waals surface area contributed by atoms with Crippen molar-refractivity contribution in [2.75, 3.05) is 7.11 Å². The molecule has 0 radical (unpaired) electrons. The molecule has 1 rings (SSSR count). The second-order valence-corrected chi connectivity index (χ2v) is 1.04. The number of hydrogen-bond acceptors (Lipinski definition) is 2. The SMILES string of the molecule is COn1[c-]ncc1.[Li+]. The molecule has 0 aliphatic carbocycles. The van der Waals surface area contributed by atoms with E-state index in [1.54, 1.807) is 19.5 Å². The normalized spacial score (nSPS) is 7.62. The zero-order valence-electron chi connectivity index (χ0n) is 4.96. The minimum atomic E-state index is 0. The fraction of sp³-hybridized carbons (Fsp3) is 0.250. The van der Waals surface area contributed by atoms with Gasteiger partial charge in [-0.3, -0.25) is 4.73 Å². The summed E-state index contributed by atoms with van der Waals surface area (Å²) in [5, 5.41) is 0. The predicted molar refractivity (Wildman–Crippen MR) is 23.6 cm³/mol. The first-order chi connectivity index (χ1) is 3.43. The Hall–Kier alpha value is -0.393. The third-order valence-electron chi connectivity index (χ3n) is 0.630. The van der Waals surface area contributed by atoms with Gasteiger partial charge in [0.05, 0.1) is 0 Å². The van der Waals surface area contributed by atoms with Crippen molar-refractivity contribution in [1.29, 1.82) is 0 Å². The molecule has 0 spiro atoms. The van der Waals surface area contributed by atoms with Crippen molar-refractivity contribution in [3.05, 3.63) is 18.7 Å². The molecular weight excluding hydrogens is 99.0 g/mol. The summed E-state index contributed by atoms with van der Waals surface area (Å²) in [6.07, 6.45) is 5.80. The molecule has 38 valence electrons. The maximum absolute atomic E-state index is 4.65. The monoisotopic (exact) mass is 104 g/mol. The summed E-state index contributed by atoms with van der Waals surface area (Å²) in [5.74, 6) is 0. The van der Waals surface area contributed by atoms with Gasteiger partial charge in [0, 0.05) is 6.33 Å². The van der Waals surface area contributed by atoms with E-state index in [4.69, 9.17) is 0 Å². The number of rotatable bonds is 1. The van der Waals surface area contributed by atoms with Gasteiger partial charge in [-0.1, -0.05) is 6.20 Å². The Morgan fingerprint density at radius 1 is 1.75 bits per heavy atom. The summed E-state index contributed by atoms with van der Waals surface area (Å²) in [4.78, 5) is 8.26. The van der Waals surface area contributed by atoms with E-state index in [-0.39, 0.29) is 18.9 Å². The van der Waals surface area contributed by atoms with Crippen LogP contribution in [0.2, 0.25) is 0 Å². The van der Waals surface area contributed by atoms with Crippen molar-refractivity contribution < 1.29 is 23.7 Å². The summed E-state index contributed by atoms with van der Waals surface area (Å²) >= 11 is 0. The molecule has 8 heavy (non-hydrogen) atoms. The van der Waals surface area contributed by atoms with Gasteiger partial charge in [-0.25, -0.2) is 0 Å². The molecular formula is C4H5LiN2O. The average Bonchev–Trinajstić information content (AvgIpc) is 2.14. The molecule has 1 heterocycles. The largest absolute Gasteiger partial charge is 1.00 e. The van der Waals surface area contributed by atoms with Gasteiger partial charge < -0.3 is 9.82 Å². The Bertz CT molecular complexity index is 129. The number of hydrogen-bond donors (Lipinski definition) is 0. The Kier molecular flexibility index (Phi) is 3.41. The van der Waals surface area contributed by atoms with E-state index in [2.05, 4.69) is 16.1 Å². The van der Waals surface area contributed by atoms with E-state index in [1.807, 2.05) is 0 Å². The predicted octanol–water partition coefficient (Wildman–Crippen LogP) is -3.25. The third kappa shape index (κ3) is 1.61. The summed E-state index contributed by atoms with van der Waals surface area (Å²) in [5.41, 5.74) is 0. The van der Waals surface area contributed by atoms with E-state index >= 15 is 0 Å². The molecule has 1 aromatic heterocycles. The van der Waals surface area contributed by atoms with Crippen LogP contribution in [0.3, 0.4) is 0 Å². The minimum Gasteiger partial charge on any atom is -0.440 e. The van der Waals surface area contributed by atoms with Gasteiger partial charge in [-0.05, 0) is 0 Å². The standard InChI is InChI=1S/C4H5N2O.Li/c1-7-6-3-2-5-4-6;/h2-3H,1H3;/q-1;+1. The Morgan fingerprint density at radius 2 is 2.50 bits per heavy atom. The molecule has 0 saturated heterocycles. The van der Waals surface area contributed by atoms with Crippen LogP contribution in [0.25, 0.3) is 0 Å². The number of imidazole rings is 1. The van der Waals surface area contributed by atoms with Gasteiger partial charge in [-0.15, -0.1) is 6.20 Å². The van der Waals surface area contributed by atoms with Crippen molar-refractivity contribution in [1.82, 2.24) is 9.71 Å². The van der Waals surface area contributed by atoms with Crippen LogP contribution >= 0.6 is 0 Å². The maximum Gasteiger partial charge on any atom is 1.00 e. The topological polar surface area (TPSA) is 27.1 Å². The van der Waals surface area contributed by atoms with Crippen molar-refractivity contribution in [3.8, 4) is 0 Å². The molecule has 3 nitrogen and oxygen atoms in total. The van der Waals surface area contributed by atoms with E-state index in [0.717, 1.165) is 0 Å². The zero-order chi connectivity index (χ0) is 5.11. The van der Waals surface area contributed by atoms with Crippen LogP contribution in [0.4, 0.5) is 0 Å². The summed E-state index contributed by atoms with van der Waals surface area (Å²) < 4.78 is 1.39. The molecule has 0 bridgehead atoms. The fourth-order valence-electron chi connectivity index (χ4n) is 0.319. The molecule has 0 aromatic carbocycles. The number of aromatic nitrogens is 2. The van der Waals surface area contributed by atoms with E-state index in [0.29, 0.717) is 0 Å². The van der Waals surface area contributed by atoms with E-state index < -0.39 is 0 Å². The van der Waals surface area contributed by atoms with Crippen molar-refractivity contribution in [2.45, 2.75) is 0 Å². The van der Waals surface area contributed by atoms with Crippen LogP contribution < -0.4 is 23.7 Å². The second kappa shape index (κ2) is 3.59. The van der Waals surface area contributed by atoms with E-state index in [9.17, 15) is 0 Å². The molecule has 0 fully saturated rings. The smallest absolute Gasteiger partial charge is 0.440 e. The molecule has 1 aromatic rings. The molecule has 0 aliphatic heterocycles. The Morgan fingerprint density at radius 3 is 2.75 bits per heavy atom. The quantitative estimate of drug-likeness (QED) is 0.276. The summed E-state index contributed by atoms with van der Waals surface area (Å²) in [7, 11) is 1.55. The Labute approximate surface area is 59.8 Å². The first-order valence-corrected chi connectivity index (χ1v) is 1.89. The maximum atomic E-state index is 4.65. The number of nitrogens with zero attached hydrogens (tertiary/aromatic N) is 2. The summed E-state index contributed by atoms with van der Waals surface area (Å²) in [6, 6.07) is 0. The first kappa shape index (κ1) is 7.61. The van der Waals surface area contributed by atoms with Crippen molar-refractivity contribution in [2.24, 2.45) is 0 Å². The molecule has 0 aliphatic rings. The summed E-state index contributed by atoms with van der Waals surface area (Å²) in [6.45, 7) is 0. The van der Waals surface area contributed by atoms with Gasteiger partial charge in [0.1, 0.15) is 7.11 Å². The first-order valence-electron chi connectivity index (χ1n) is 1.89. The zero-order valence-corrected chi connectivity index (χ0v) is 4.96. The third-order valence-corrected chi connectivity index (χ3v) is 0.630. The van der Waals surface area contributed by atoms with Crippen LogP contribution in [0.5, 0.6) is 0 Å². The van der Waals surface area contributed by atoms with Crippen molar-refractivity contribution in [3.63, 3.8) is 0 Å². The van der Waals surface area contributed by atoms with Crippen LogP contribution in [-0.2, 0) is 0 Å². The average molecular weight is 104 g/mol. The fourth-order valence-corrected chi connectivity index (χ4v) is 0.319. The van der Waals surface area contributed by atoms with Gasteiger partial charge >= 0.3 is 18.9 Å². The van der Waals surface area contributed by atoms with Gasteiger partial charge in [0.15, 0.2) is 0 Å². The molecule has 0 amide bonds. The molecule has 0 unspecified atom stereocenters.